The van der Waals surface area contributed by atoms with E-state index >= 15 is 0 Å². The molecular formula is C9H13N3OS. The first-order chi connectivity index (χ1) is 6.77. The molecule has 1 heterocycles. The number of rotatable bonds is 4. The molecule has 0 fully saturated rings. The van der Waals surface area contributed by atoms with Gasteiger partial charge in [-0.2, -0.15) is 11.8 Å². The van der Waals surface area contributed by atoms with Gasteiger partial charge in [0, 0.05) is 5.75 Å². The van der Waals surface area contributed by atoms with Gasteiger partial charge in [0.2, 0.25) is 0 Å². The van der Waals surface area contributed by atoms with Crippen molar-refractivity contribution >= 4 is 17.7 Å². The maximum absolute atomic E-state index is 11.1. The van der Waals surface area contributed by atoms with Crippen LogP contribution in [0.25, 0.3) is 0 Å². The van der Waals surface area contributed by atoms with Gasteiger partial charge in [0.1, 0.15) is 5.69 Å². The van der Waals surface area contributed by atoms with E-state index in [2.05, 4.69) is 17.3 Å². The number of nitrogens with one attached hydrogen (secondary N) is 1. The topological polar surface area (TPSA) is 68.0 Å². The minimum absolute atomic E-state index is 0.353. The average molecular weight is 211 g/mol. The predicted octanol–water partition coefficient (Wildman–Crippen LogP) is 0.938. The highest BCUT2D eigenvalue weighted by molar-refractivity contribution is 7.98. The summed E-state index contributed by atoms with van der Waals surface area (Å²) >= 11 is 1.76. The largest absolute Gasteiger partial charge is 0.289 e. The fourth-order valence-electron chi connectivity index (χ4n) is 0.967. The number of carbonyl (C=O) groups is 1. The van der Waals surface area contributed by atoms with Crippen molar-refractivity contribution in [2.75, 3.05) is 5.75 Å². The normalized spacial score (nSPS) is 9.86. The summed E-state index contributed by atoms with van der Waals surface area (Å²) in [5.41, 5.74) is 3.32. The summed E-state index contributed by atoms with van der Waals surface area (Å²) in [5.74, 6) is 6.51. The first-order valence-corrected chi connectivity index (χ1v) is 5.48. The van der Waals surface area contributed by atoms with Crippen LogP contribution in [0.15, 0.2) is 18.2 Å². The van der Waals surface area contributed by atoms with Crippen LogP contribution in [0, 0.1) is 0 Å². The zero-order chi connectivity index (χ0) is 10.4. The number of pyridine rings is 1. The van der Waals surface area contributed by atoms with Crippen molar-refractivity contribution < 1.29 is 4.79 Å². The Morgan fingerprint density at radius 3 is 3.07 bits per heavy atom. The van der Waals surface area contributed by atoms with Crippen LogP contribution in [-0.4, -0.2) is 16.6 Å². The van der Waals surface area contributed by atoms with Crippen LogP contribution in [-0.2, 0) is 5.75 Å². The van der Waals surface area contributed by atoms with Gasteiger partial charge in [-0.05, 0) is 17.9 Å². The molecule has 0 atom stereocenters. The van der Waals surface area contributed by atoms with E-state index in [1.807, 2.05) is 12.1 Å². The van der Waals surface area contributed by atoms with Crippen LogP contribution in [0.3, 0.4) is 0 Å². The quantitative estimate of drug-likeness (QED) is 0.442. The van der Waals surface area contributed by atoms with Crippen LogP contribution in [0.4, 0.5) is 0 Å². The molecule has 14 heavy (non-hydrogen) atoms. The maximum atomic E-state index is 11.1. The highest BCUT2D eigenvalue weighted by atomic mass is 32.2. The van der Waals surface area contributed by atoms with Crippen molar-refractivity contribution in [3.8, 4) is 0 Å². The van der Waals surface area contributed by atoms with Crippen molar-refractivity contribution in [3.05, 3.63) is 29.6 Å². The van der Waals surface area contributed by atoms with Crippen LogP contribution in [0.1, 0.15) is 23.1 Å². The molecule has 0 saturated heterocycles. The lowest BCUT2D eigenvalue weighted by atomic mass is 10.3. The molecule has 76 valence electrons. The summed E-state index contributed by atoms with van der Waals surface area (Å²) in [5, 5.41) is 0. The van der Waals surface area contributed by atoms with E-state index in [9.17, 15) is 4.79 Å². The molecule has 1 rings (SSSR count). The lowest BCUT2D eigenvalue weighted by molar-refractivity contribution is 0.0948. The Hall–Kier alpha value is -1.07. The fraction of sp³-hybridized carbons (Fsp3) is 0.333. The second-order valence-corrected chi connectivity index (χ2v) is 3.90. The van der Waals surface area contributed by atoms with Gasteiger partial charge in [-0.3, -0.25) is 10.2 Å². The van der Waals surface area contributed by atoms with Crippen molar-refractivity contribution in [2.45, 2.75) is 12.7 Å². The van der Waals surface area contributed by atoms with Crippen molar-refractivity contribution in [1.29, 1.82) is 0 Å². The van der Waals surface area contributed by atoms with Crippen LogP contribution in [0.5, 0.6) is 0 Å². The van der Waals surface area contributed by atoms with E-state index in [4.69, 9.17) is 5.84 Å². The molecule has 4 nitrogen and oxygen atoms in total. The van der Waals surface area contributed by atoms with Gasteiger partial charge >= 0.3 is 0 Å². The standard InChI is InChI=1S/C9H13N3OS/c1-2-14-6-7-4-3-5-8(11-7)9(13)12-10/h3-5H,2,6,10H2,1H3,(H,12,13). The molecule has 3 N–H and O–H groups in total. The number of thioether (sulfide) groups is 1. The Balaban J connectivity index is 2.73. The average Bonchev–Trinajstić information content (AvgIpc) is 2.25. The Morgan fingerprint density at radius 1 is 1.64 bits per heavy atom. The first-order valence-electron chi connectivity index (χ1n) is 4.32. The molecule has 0 saturated carbocycles. The fourth-order valence-corrected chi connectivity index (χ4v) is 1.54. The number of nitrogen functional groups attached to an aromatic ring is 1. The SMILES string of the molecule is CCSCc1cccc(C(=O)NN)n1. The molecule has 0 aliphatic rings. The number of aromatic nitrogens is 1. The van der Waals surface area contributed by atoms with E-state index in [0.717, 1.165) is 17.2 Å². The van der Waals surface area contributed by atoms with E-state index in [1.165, 1.54) is 0 Å². The number of amides is 1. The van der Waals surface area contributed by atoms with Crippen LogP contribution >= 0.6 is 11.8 Å². The molecule has 0 unspecified atom stereocenters. The third kappa shape index (κ3) is 3.01. The Morgan fingerprint density at radius 2 is 2.43 bits per heavy atom. The van der Waals surface area contributed by atoms with E-state index in [1.54, 1.807) is 17.8 Å². The molecule has 0 aromatic carbocycles. The number of carbonyl (C=O) groups excluding carboxylic acids is 1. The summed E-state index contributed by atoms with van der Waals surface area (Å²) in [6.45, 7) is 2.08. The molecule has 1 aromatic heterocycles. The molecule has 0 spiro atoms. The Bertz CT molecular complexity index is 317. The maximum Gasteiger partial charge on any atom is 0.283 e. The number of hydrogen-bond acceptors (Lipinski definition) is 4. The van der Waals surface area contributed by atoms with Gasteiger partial charge in [-0.25, -0.2) is 10.8 Å². The minimum Gasteiger partial charge on any atom is -0.289 e. The molecule has 1 amide bonds. The zero-order valence-corrected chi connectivity index (χ0v) is 8.80. The highest BCUT2D eigenvalue weighted by Gasteiger charge is 2.05. The number of nitrogens with two attached hydrogens (primary N) is 1. The lowest BCUT2D eigenvalue weighted by Gasteiger charge is -2.02. The van der Waals surface area contributed by atoms with E-state index < -0.39 is 0 Å². The second-order valence-electron chi connectivity index (χ2n) is 2.62. The first kappa shape index (κ1) is 11.0. The summed E-state index contributed by atoms with van der Waals surface area (Å²) in [7, 11) is 0. The zero-order valence-electron chi connectivity index (χ0n) is 7.99. The van der Waals surface area contributed by atoms with Gasteiger partial charge in [-0.1, -0.05) is 13.0 Å². The van der Waals surface area contributed by atoms with Crippen molar-refractivity contribution in [1.82, 2.24) is 10.4 Å². The molecule has 1 aromatic rings. The smallest absolute Gasteiger partial charge is 0.283 e. The van der Waals surface area contributed by atoms with Crippen molar-refractivity contribution in [3.63, 3.8) is 0 Å². The van der Waals surface area contributed by atoms with Gasteiger partial charge in [0.15, 0.2) is 0 Å². The molecule has 0 aliphatic carbocycles. The van der Waals surface area contributed by atoms with Gasteiger partial charge in [0.05, 0.1) is 5.69 Å². The summed E-state index contributed by atoms with van der Waals surface area (Å²) in [4.78, 5) is 15.3. The number of nitrogens with zero attached hydrogens (tertiary/aromatic N) is 1. The summed E-state index contributed by atoms with van der Waals surface area (Å²) in [6.07, 6.45) is 0. The van der Waals surface area contributed by atoms with E-state index in [-0.39, 0.29) is 5.91 Å². The highest BCUT2D eigenvalue weighted by Crippen LogP contribution is 2.09. The van der Waals surface area contributed by atoms with Gasteiger partial charge < -0.3 is 0 Å². The molecule has 0 bridgehead atoms. The summed E-state index contributed by atoms with van der Waals surface area (Å²) in [6, 6.07) is 5.35. The van der Waals surface area contributed by atoms with Crippen LogP contribution in [0.2, 0.25) is 0 Å². The van der Waals surface area contributed by atoms with Crippen molar-refractivity contribution in [2.24, 2.45) is 5.84 Å². The molecule has 0 radical (unpaired) electrons. The minimum atomic E-state index is -0.353. The van der Waals surface area contributed by atoms with Gasteiger partial charge in [0.25, 0.3) is 5.91 Å². The Labute approximate surface area is 87.3 Å². The second kappa shape index (κ2) is 5.62. The number of hydrazine groups is 1. The monoisotopic (exact) mass is 211 g/mol. The molecule has 0 aliphatic heterocycles. The third-order valence-corrected chi connectivity index (χ3v) is 2.53. The van der Waals surface area contributed by atoms with Gasteiger partial charge in [-0.15, -0.1) is 0 Å². The Kier molecular flexibility index (Phi) is 4.42. The number of hydrogen-bond donors (Lipinski definition) is 2. The van der Waals surface area contributed by atoms with Crippen LogP contribution < -0.4 is 11.3 Å². The van der Waals surface area contributed by atoms with E-state index in [0.29, 0.717) is 5.69 Å². The molecule has 5 heteroatoms. The lowest BCUT2D eigenvalue weighted by Crippen LogP contribution is -2.30. The third-order valence-electron chi connectivity index (χ3n) is 1.62. The summed E-state index contributed by atoms with van der Waals surface area (Å²) < 4.78 is 0. The predicted molar refractivity (Wildman–Crippen MR) is 57.7 cm³/mol. The molecular weight excluding hydrogens is 198 g/mol.